The SMILES string of the molecule is O=C(c1ccc(Br)cc1Br)N1CCN(CC(F)(F)F)CC1. The second kappa shape index (κ2) is 6.66. The van der Waals surface area contributed by atoms with E-state index >= 15 is 0 Å². The van der Waals surface area contributed by atoms with Gasteiger partial charge in [-0.25, -0.2) is 0 Å². The van der Waals surface area contributed by atoms with Gasteiger partial charge in [-0.1, -0.05) is 15.9 Å². The summed E-state index contributed by atoms with van der Waals surface area (Å²) in [4.78, 5) is 15.3. The van der Waals surface area contributed by atoms with Crippen LogP contribution in [0.25, 0.3) is 0 Å². The van der Waals surface area contributed by atoms with Gasteiger partial charge in [0.05, 0.1) is 12.1 Å². The summed E-state index contributed by atoms with van der Waals surface area (Å²) >= 11 is 6.64. The molecule has 8 heteroatoms. The molecule has 0 aliphatic carbocycles. The van der Waals surface area contributed by atoms with Crippen molar-refractivity contribution in [2.24, 2.45) is 0 Å². The number of halogens is 5. The van der Waals surface area contributed by atoms with Gasteiger partial charge in [-0.05, 0) is 34.1 Å². The van der Waals surface area contributed by atoms with Crippen LogP contribution in [0.2, 0.25) is 0 Å². The molecule has 3 nitrogen and oxygen atoms in total. The molecule has 116 valence electrons. The zero-order valence-electron chi connectivity index (χ0n) is 11.0. The van der Waals surface area contributed by atoms with E-state index in [2.05, 4.69) is 31.9 Å². The van der Waals surface area contributed by atoms with Crippen molar-refractivity contribution in [1.82, 2.24) is 9.80 Å². The minimum absolute atomic E-state index is 0.166. The van der Waals surface area contributed by atoms with Gasteiger partial charge >= 0.3 is 6.18 Å². The Hall–Kier alpha value is -0.600. The van der Waals surface area contributed by atoms with Crippen LogP contribution in [0, 0.1) is 0 Å². The number of hydrogen-bond acceptors (Lipinski definition) is 2. The van der Waals surface area contributed by atoms with Crippen molar-refractivity contribution in [2.75, 3.05) is 32.7 Å². The summed E-state index contributed by atoms with van der Waals surface area (Å²) in [5, 5.41) is 0. The first-order valence-corrected chi connectivity index (χ1v) is 7.88. The summed E-state index contributed by atoms with van der Waals surface area (Å²) in [6, 6.07) is 5.23. The summed E-state index contributed by atoms with van der Waals surface area (Å²) in [5.74, 6) is -0.166. The minimum Gasteiger partial charge on any atom is -0.336 e. The first-order valence-electron chi connectivity index (χ1n) is 6.30. The second-order valence-electron chi connectivity index (χ2n) is 4.81. The van der Waals surface area contributed by atoms with E-state index in [0.717, 1.165) is 4.47 Å². The number of nitrogens with zero attached hydrogens (tertiary/aromatic N) is 2. The zero-order chi connectivity index (χ0) is 15.6. The molecule has 0 spiro atoms. The third-order valence-corrected chi connectivity index (χ3v) is 4.37. The zero-order valence-corrected chi connectivity index (χ0v) is 14.1. The van der Waals surface area contributed by atoms with Gasteiger partial charge < -0.3 is 4.90 Å². The highest BCUT2D eigenvalue weighted by atomic mass is 79.9. The van der Waals surface area contributed by atoms with Crippen LogP contribution in [0.3, 0.4) is 0 Å². The first kappa shape index (κ1) is 16.8. The number of rotatable bonds is 2. The maximum absolute atomic E-state index is 12.4. The van der Waals surface area contributed by atoms with Gasteiger partial charge in [-0.15, -0.1) is 0 Å². The van der Waals surface area contributed by atoms with Crippen molar-refractivity contribution in [3.8, 4) is 0 Å². The van der Waals surface area contributed by atoms with Crippen molar-refractivity contribution in [3.63, 3.8) is 0 Å². The van der Waals surface area contributed by atoms with Gasteiger partial charge in [-0.2, -0.15) is 13.2 Å². The van der Waals surface area contributed by atoms with Crippen LogP contribution >= 0.6 is 31.9 Å². The predicted molar refractivity (Wildman–Crippen MR) is 80.2 cm³/mol. The van der Waals surface area contributed by atoms with Crippen LogP contribution in [-0.4, -0.2) is 54.6 Å². The fourth-order valence-corrected chi connectivity index (χ4v) is 3.41. The molecule has 0 saturated carbocycles. The lowest BCUT2D eigenvalue weighted by molar-refractivity contribution is -0.148. The number of carbonyl (C=O) groups excluding carboxylic acids is 1. The highest BCUT2D eigenvalue weighted by Crippen LogP contribution is 2.24. The summed E-state index contributed by atoms with van der Waals surface area (Å²) in [7, 11) is 0. The highest BCUT2D eigenvalue weighted by Gasteiger charge is 2.33. The van der Waals surface area contributed by atoms with Crippen molar-refractivity contribution in [1.29, 1.82) is 0 Å². The van der Waals surface area contributed by atoms with Crippen molar-refractivity contribution in [2.45, 2.75) is 6.18 Å². The number of carbonyl (C=O) groups is 1. The topological polar surface area (TPSA) is 23.6 Å². The Labute approximate surface area is 137 Å². The number of hydrogen-bond donors (Lipinski definition) is 0. The molecular weight excluding hydrogens is 417 g/mol. The largest absolute Gasteiger partial charge is 0.401 e. The predicted octanol–water partition coefficient (Wildman–Crippen LogP) is 3.53. The monoisotopic (exact) mass is 428 g/mol. The molecule has 1 fully saturated rings. The van der Waals surface area contributed by atoms with E-state index in [1.807, 2.05) is 0 Å². The maximum atomic E-state index is 12.4. The molecule has 0 radical (unpaired) electrons. The van der Waals surface area contributed by atoms with Crippen molar-refractivity contribution < 1.29 is 18.0 Å². The molecule has 1 aliphatic heterocycles. The number of amides is 1. The van der Waals surface area contributed by atoms with E-state index in [-0.39, 0.29) is 19.0 Å². The van der Waals surface area contributed by atoms with Crippen LogP contribution in [0.1, 0.15) is 10.4 Å². The van der Waals surface area contributed by atoms with Gasteiger partial charge in [-0.3, -0.25) is 9.69 Å². The maximum Gasteiger partial charge on any atom is 0.401 e. The normalized spacial score (nSPS) is 17.1. The molecule has 1 heterocycles. The Morgan fingerprint density at radius 3 is 2.29 bits per heavy atom. The number of benzene rings is 1. The summed E-state index contributed by atoms with van der Waals surface area (Å²) < 4.78 is 38.5. The summed E-state index contributed by atoms with van der Waals surface area (Å²) in [6.07, 6.45) is -4.19. The first-order chi connectivity index (χ1) is 9.76. The third-order valence-electron chi connectivity index (χ3n) is 3.22. The molecule has 0 bridgehead atoms. The molecule has 1 aromatic rings. The molecule has 21 heavy (non-hydrogen) atoms. The molecule has 0 N–H and O–H groups in total. The molecular formula is C13H13Br2F3N2O. The van der Waals surface area contributed by atoms with Gasteiger partial charge in [0, 0.05) is 35.1 Å². The molecule has 1 aromatic carbocycles. The lowest BCUT2D eigenvalue weighted by Crippen LogP contribution is -2.50. The van der Waals surface area contributed by atoms with Crippen LogP contribution in [-0.2, 0) is 0 Å². The summed E-state index contributed by atoms with van der Waals surface area (Å²) in [5.41, 5.74) is 0.516. The van der Waals surface area contributed by atoms with Crippen molar-refractivity contribution >= 4 is 37.8 Å². The molecule has 1 saturated heterocycles. The Morgan fingerprint density at radius 2 is 1.76 bits per heavy atom. The third kappa shape index (κ3) is 4.69. The number of alkyl halides is 3. The van der Waals surface area contributed by atoms with Gasteiger partial charge in [0.1, 0.15) is 0 Å². The van der Waals surface area contributed by atoms with Crippen LogP contribution in [0.5, 0.6) is 0 Å². The highest BCUT2D eigenvalue weighted by molar-refractivity contribution is 9.11. The van der Waals surface area contributed by atoms with E-state index in [0.29, 0.717) is 23.1 Å². The van der Waals surface area contributed by atoms with E-state index in [1.54, 1.807) is 23.1 Å². The second-order valence-corrected chi connectivity index (χ2v) is 6.58. The van der Waals surface area contributed by atoms with Gasteiger partial charge in [0.2, 0.25) is 0 Å². The fraction of sp³-hybridized carbons (Fsp3) is 0.462. The van der Waals surface area contributed by atoms with Gasteiger partial charge in [0.25, 0.3) is 5.91 Å². The Kier molecular flexibility index (Phi) is 5.32. The molecule has 2 rings (SSSR count). The standard InChI is InChI=1S/C13H13Br2F3N2O/c14-9-1-2-10(11(15)7-9)12(21)20-5-3-19(4-6-20)8-13(16,17)18/h1-2,7H,3-6,8H2. The van der Waals surface area contributed by atoms with E-state index in [1.165, 1.54) is 4.90 Å². The van der Waals surface area contributed by atoms with Gasteiger partial charge in [0.15, 0.2) is 0 Å². The quantitative estimate of drug-likeness (QED) is 0.717. The molecule has 1 aliphatic rings. The smallest absolute Gasteiger partial charge is 0.336 e. The lowest BCUT2D eigenvalue weighted by atomic mass is 10.2. The average Bonchev–Trinajstić information content (AvgIpc) is 2.37. The number of piperazine rings is 1. The molecule has 0 atom stereocenters. The Bertz CT molecular complexity index is 529. The van der Waals surface area contributed by atoms with E-state index < -0.39 is 12.7 Å². The fourth-order valence-electron chi connectivity index (χ4n) is 2.20. The van der Waals surface area contributed by atoms with Crippen LogP contribution in [0.4, 0.5) is 13.2 Å². The molecule has 0 unspecified atom stereocenters. The summed E-state index contributed by atoms with van der Waals surface area (Å²) in [6.45, 7) is 0.157. The Balaban J connectivity index is 1.97. The lowest BCUT2D eigenvalue weighted by Gasteiger charge is -2.35. The average molecular weight is 430 g/mol. The van der Waals surface area contributed by atoms with Crippen LogP contribution in [0.15, 0.2) is 27.1 Å². The molecule has 1 amide bonds. The molecule has 0 aromatic heterocycles. The van der Waals surface area contributed by atoms with Crippen LogP contribution < -0.4 is 0 Å². The van der Waals surface area contributed by atoms with E-state index in [9.17, 15) is 18.0 Å². The van der Waals surface area contributed by atoms with E-state index in [4.69, 9.17) is 0 Å². The Morgan fingerprint density at radius 1 is 1.14 bits per heavy atom. The van der Waals surface area contributed by atoms with Crippen molar-refractivity contribution in [3.05, 3.63) is 32.7 Å². The minimum atomic E-state index is -4.19.